The molecule has 0 saturated carbocycles. The van der Waals surface area contributed by atoms with Crippen molar-refractivity contribution in [1.29, 1.82) is 0 Å². The van der Waals surface area contributed by atoms with Gasteiger partial charge in [0.1, 0.15) is 13.2 Å². The maximum atomic E-state index is 12.5. The Morgan fingerprint density at radius 3 is 2.79 bits per heavy atom. The third-order valence-electron chi connectivity index (χ3n) is 3.62. The van der Waals surface area contributed by atoms with Crippen molar-refractivity contribution in [3.8, 4) is 5.88 Å². The van der Waals surface area contributed by atoms with Crippen LogP contribution in [0.5, 0.6) is 5.88 Å². The number of pyridine rings is 1. The van der Waals surface area contributed by atoms with Crippen LogP contribution in [0.1, 0.15) is 11.1 Å². The van der Waals surface area contributed by atoms with Crippen LogP contribution < -0.4 is 15.0 Å². The van der Waals surface area contributed by atoms with Crippen molar-refractivity contribution in [2.75, 3.05) is 23.9 Å². The van der Waals surface area contributed by atoms with Crippen LogP contribution in [0, 0.1) is 6.92 Å². The molecule has 0 unspecified atom stereocenters. The molecule has 2 amide bonds. The molecule has 1 aromatic carbocycles. The zero-order valence-electron chi connectivity index (χ0n) is 13.4. The Hall–Kier alpha value is -3.09. The molecule has 1 aliphatic rings. The van der Waals surface area contributed by atoms with Gasteiger partial charge in [-0.2, -0.15) is 4.98 Å². The van der Waals surface area contributed by atoms with E-state index in [1.165, 1.54) is 12.0 Å². The van der Waals surface area contributed by atoms with Gasteiger partial charge >= 0.3 is 6.09 Å². The first-order chi connectivity index (χ1) is 11.6. The molecule has 1 aromatic heterocycles. The highest BCUT2D eigenvalue weighted by Gasteiger charge is 2.31. The molecule has 0 bridgehead atoms. The van der Waals surface area contributed by atoms with Crippen LogP contribution in [0.15, 0.2) is 36.4 Å². The number of nitrogens with zero attached hydrogens (tertiary/aromatic N) is 2. The summed E-state index contributed by atoms with van der Waals surface area (Å²) in [5.74, 6) is 0.324. The first kappa shape index (κ1) is 15.8. The number of amides is 2. The number of fused-ring (bicyclic) bond motifs is 1. The van der Waals surface area contributed by atoms with E-state index in [0.29, 0.717) is 17.4 Å². The topological polar surface area (TPSA) is 80.8 Å². The van der Waals surface area contributed by atoms with Gasteiger partial charge in [0, 0.05) is 6.07 Å². The average molecular weight is 327 g/mol. The van der Waals surface area contributed by atoms with Crippen molar-refractivity contribution in [1.82, 2.24) is 4.98 Å². The number of ether oxygens (including phenoxy) is 2. The zero-order valence-corrected chi connectivity index (χ0v) is 13.4. The summed E-state index contributed by atoms with van der Waals surface area (Å²) in [5.41, 5.74) is 2.15. The molecule has 7 heteroatoms. The van der Waals surface area contributed by atoms with Crippen LogP contribution in [0.3, 0.4) is 0 Å². The quantitative estimate of drug-likeness (QED) is 0.937. The molecule has 3 rings (SSSR count). The molecular formula is C17H17N3O4. The lowest BCUT2D eigenvalue weighted by Gasteiger charge is -2.29. The Morgan fingerprint density at radius 1 is 1.33 bits per heavy atom. The first-order valence-electron chi connectivity index (χ1n) is 7.42. The molecule has 1 N–H and O–H groups in total. The standard InChI is InChI=1S/C17H17N3O4/c1-11-8-14(23-2)19-16-15(11)20(9-13(21)18-16)17(22)24-10-12-6-4-3-5-7-12/h3-8H,9-10H2,1-2H3,(H,18,19,21). The van der Waals surface area contributed by atoms with Crippen LogP contribution >= 0.6 is 0 Å². The molecule has 0 aliphatic carbocycles. The third kappa shape index (κ3) is 3.15. The Balaban J connectivity index is 1.84. The van der Waals surface area contributed by atoms with Gasteiger partial charge in [0.2, 0.25) is 11.8 Å². The van der Waals surface area contributed by atoms with Crippen molar-refractivity contribution in [2.24, 2.45) is 0 Å². The summed E-state index contributed by atoms with van der Waals surface area (Å²) in [6.45, 7) is 1.84. The summed E-state index contributed by atoms with van der Waals surface area (Å²) in [6, 6.07) is 11.1. The van der Waals surface area contributed by atoms with E-state index in [9.17, 15) is 9.59 Å². The van der Waals surface area contributed by atoms with Gasteiger partial charge in [-0.3, -0.25) is 9.69 Å². The SMILES string of the molecule is COc1cc(C)c2c(n1)NC(=O)CN2C(=O)OCc1ccccc1. The van der Waals surface area contributed by atoms with Gasteiger partial charge in [-0.15, -0.1) is 0 Å². The van der Waals surface area contributed by atoms with Gasteiger partial charge in [0.05, 0.1) is 12.8 Å². The summed E-state index contributed by atoms with van der Waals surface area (Å²) in [5, 5.41) is 2.65. The number of benzene rings is 1. The van der Waals surface area contributed by atoms with Gasteiger partial charge in [0.25, 0.3) is 0 Å². The third-order valence-corrected chi connectivity index (χ3v) is 3.62. The fraction of sp³-hybridized carbons (Fsp3) is 0.235. The van der Waals surface area contributed by atoms with Gasteiger partial charge in [-0.1, -0.05) is 30.3 Å². The lowest BCUT2D eigenvalue weighted by Crippen LogP contribution is -2.43. The van der Waals surface area contributed by atoms with Gasteiger partial charge in [-0.25, -0.2) is 4.79 Å². The number of hydrogen-bond acceptors (Lipinski definition) is 5. The van der Waals surface area contributed by atoms with Crippen LogP contribution in [-0.2, 0) is 16.1 Å². The predicted molar refractivity (Wildman–Crippen MR) is 88.1 cm³/mol. The van der Waals surface area contributed by atoms with Crippen LogP contribution in [0.25, 0.3) is 0 Å². The number of nitrogens with one attached hydrogen (secondary N) is 1. The Labute approximate surface area is 139 Å². The average Bonchev–Trinajstić information content (AvgIpc) is 2.59. The lowest BCUT2D eigenvalue weighted by atomic mass is 10.2. The molecule has 0 saturated heterocycles. The number of carbonyl (C=O) groups excluding carboxylic acids is 2. The molecule has 0 atom stereocenters. The number of hydrogen-bond donors (Lipinski definition) is 1. The van der Waals surface area contributed by atoms with E-state index in [4.69, 9.17) is 9.47 Å². The minimum absolute atomic E-state index is 0.116. The molecular weight excluding hydrogens is 310 g/mol. The maximum absolute atomic E-state index is 12.5. The summed E-state index contributed by atoms with van der Waals surface area (Å²) < 4.78 is 10.4. The number of anilines is 2. The lowest BCUT2D eigenvalue weighted by molar-refractivity contribution is -0.115. The fourth-order valence-electron chi connectivity index (χ4n) is 2.52. The monoisotopic (exact) mass is 327 g/mol. The molecule has 124 valence electrons. The Morgan fingerprint density at radius 2 is 2.08 bits per heavy atom. The van der Waals surface area contributed by atoms with Crippen molar-refractivity contribution < 1.29 is 19.1 Å². The Bertz CT molecular complexity index is 777. The van der Waals surface area contributed by atoms with Crippen molar-refractivity contribution in [3.63, 3.8) is 0 Å². The van der Waals surface area contributed by atoms with Crippen LogP contribution in [-0.4, -0.2) is 30.6 Å². The van der Waals surface area contributed by atoms with E-state index in [-0.39, 0.29) is 19.1 Å². The molecule has 1 aliphatic heterocycles. The number of rotatable bonds is 3. The van der Waals surface area contributed by atoms with Gasteiger partial charge < -0.3 is 14.8 Å². The normalized spacial score (nSPS) is 13.1. The second-order valence-electron chi connectivity index (χ2n) is 5.35. The minimum atomic E-state index is -0.593. The molecule has 24 heavy (non-hydrogen) atoms. The maximum Gasteiger partial charge on any atom is 0.415 e. The summed E-state index contributed by atoms with van der Waals surface area (Å²) in [6.07, 6.45) is -0.593. The zero-order chi connectivity index (χ0) is 17.1. The molecule has 0 fully saturated rings. The number of aryl methyl sites for hydroxylation is 1. The van der Waals surface area contributed by atoms with E-state index in [0.717, 1.165) is 11.1 Å². The summed E-state index contributed by atoms with van der Waals surface area (Å²) in [7, 11) is 1.49. The molecule has 0 radical (unpaired) electrons. The van der Waals surface area contributed by atoms with Crippen LogP contribution in [0.4, 0.5) is 16.3 Å². The van der Waals surface area contributed by atoms with Crippen LogP contribution in [0.2, 0.25) is 0 Å². The smallest absolute Gasteiger partial charge is 0.415 e. The molecule has 2 heterocycles. The predicted octanol–water partition coefficient (Wildman–Crippen LogP) is 2.49. The highest BCUT2D eigenvalue weighted by molar-refractivity contribution is 6.08. The fourth-order valence-corrected chi connectivity index (χ4v) is 2.52. The first-order valence-corrected chi connectivity index (χ1v) is 7.42. The number of aromatic nitrogens is 1. The van der Waals surface area contributed by atoms with E-state index >= 15 is 0 Å². The summed E-state index contributed by atoms with van der Waals surface area (Å²) in [4.78, 5) is 29.8. The van der Waals surface area contributed by atoms with Gasteiger partial charge in [-0.05, 0) is 18.1 Å². The number of carbonyl (C=O) groups is 2. The van der Waals surface area contributed by atoms with Gasteiger partial charge in [0.15, 0.2) is 5.82 Å². The highest BCUT2D eigenvalue weighted by Crippen LogP contribution is 2.34. The van der Waals surface area contributed by atoms with Crippen molar-refractivity contribution in [2.45, 2.75) is 13.5 Å². The largest absolute Gasteiger partial charge is 0.481 e. The van der Waals surface area contributed by atoms with E-state index in [2.05, 4.69) is 10.3 Å². The second-order valence-corrected chi connectivity index (χ2v) is 5.35. The summed E-state index contributed by atoms with van der Waals surface area (Å²) >= 11 is 0. The second kappa shape index (κ2) is 6.57. The molecule has 2 aromatic rings. The van der Waals surface area contributed by atoms with E-state index in [1.54, 1.807) is 6.07 Å². The van der Waals surface area contributed by atoms with Crippen molar-refractivity contribution in [3.05, 3.63) is 47.5 Å². The van der Waals surface area contributed by atoms with Crippen molar-refractivity contribution >= 4 is 23.5 Å². The minimum Gasteiger partial charge on any atom is -0.481 e. The Kier molecular flexibility index (Phi) is 4.33. The molecule has 7 nitrogen and oxygen atoms in total. The number of methoxy groups -OCH3 is 1. The van der Waals surface area contributed by atoms with E-state index in [1.807, 2.05) is 37.3 Å². The van der Waals surface area contributed by atoms with E-state index < -0.39 is 6.09 Å². The molecule has 0 spiro atoms. The highest BCUT2D eigenvalue weighted by atomic mass is 16.6.